The minimum Gasteiger partial charge on any atom is -0.489 e. The Hall–Kier alpha value is -1.00. The molecule has 0 aliphatic heterocycles. The molecule has 2 aromatic rings. The lowest BCUT2D eigenvalue weighted by atomic mass is 10.2. The molecule has 2 rings (SSSR count). The van der Waals surface area contributed by atoms with Gasteiger partial charge in [0.1, 0.15) is 0 Å². The summed E-state index contributed by atoms with van der Waals surface area (Å²) in [6.07, 6.45) is 9.79. The summed E-state index contributed by atoms with van der Waals surface area (Å²) in [5.74, 6) is 1.88. The first-order valence-electron chi connectivity index (χ1n) is 9.27. The number of ether oxygens (including phenoxy) is 2. The average Bonchev–Trinajstić information content (AvgIpc) is 3.24. The van der Waals surface area contributed by atoms with Gasteiger partial charge in [0.05, 0.1) is 18.1 Å². The molecule has 0 bridgehead atoms. The van der Waals surface area contributed by atoms with Crippen molar-refractivity contribution < 1.29 is 9.47 Å². The molecule has 0 spiro atoms. The highest BCUT2D eigenvalue weighted by molar-refractivity contribution is 7.20. The van der Waals surface area contributed by atoms with Gasteiger partial charge in [-0.3, -0.25) is 0 Å². The van der Waals surface area contributed by atoms with Crippen molar-refractivity contribution in [2.45, 2.75) is 65.2 Å². The molecule has 0 saturated carbocycles. The molecule has 134 valence electrons. The molecule has 2 nitrogen and oxygen atoms in total. The first-order valence-corrected chi connectivity index (χ1v) is 11.0. The number of hydrogen-bond acceptors (Lipinski definition) is 4. The molecule has 0 aliphatic carbocycles. The van der Waals surface area contributed by atoms with Crippen LogP contribution in [0.1, 0.15) is 65.2 Å². The molecule has 0 aliphatic rings. The van der Waals surface area contributed by atoms with Crippen LogP contribution in [0.15, 0.2) is 22.9 Å². The lowest BCUT2D eigenvalue weighted by Crippen LogP contribution is -2.01. The van der Waals surface area contributed by atoms with E-state index in [1.54, 1.807) is 22.7 Å². The Morgan fingerprint density at radius 3 is 2.17 bits per heavy atom. The van der Waals surface area contributed by atoms with Gasteiger partial charge in [-0.2, -0.15) is 0 Å². The van der Waals surface area contributed by atoms with Gasteiger partial charge in [-0.1, -0.05) is 58.4 Å². The summed E-state index contributed by atoms with van der Waals surface area (Å²) < 4.78 is 12.2. The van der Waals surface area contributed by atoms with E-state index in [0.29, 0.717) is 0 Å². The Morgan fingerprint density at radius 2 is 1.54 bits per heavy atom. The van der Waals surface area contributed by atoms with E-state index in [0.717, 1.165) is 37.6 Å². The number of unbranched alkanes of at least 4 members (excludes halogenated alkanes) is 6. The molecule has 2 heterocycles. The summed E-state index contributed by atoms with van der Waals surface area (Å²) in [4.78, 5) is 2.48. The van der Waals surface area contributed by atoms with Crippen LogP contribution in [0, 0.1) is 0 Å². The number of rotatable bonds is 13. The van der Waals surface area contributed by atoms with Crippen molar-refractivity contribution in [1.82, 2.24) is 0 Å². The van der Waals surface area contributed by atoms with Crippen LogP contribution in [-0.2, 0) is 0 Å². The zero-order valence-electron chi connectivity index (χ0n) is 15.0. The number of thiophene rings is 2. The van der Waals surface area contributed by atoms with E-state index >= 15 is 0 Å². The van der Waals surface area contributed by atoms with Crippen LogP contribution in [0.2, 0.25) is 0 Å². The molecule has 2 aromatic heterocycles. The molecule has 0 unspecified atom stereocenters. The Morgan fingerprint density at radius 1 is 0.833 bits per heavy atom. The standard InChI is InChI=1S/C20H30O2S2/c1-3-5-7-9-13-21-17-16-24-20(18-12-11-15-23-18)19(17)22-14-10-8-6-4-2/h11-12,15-16H,3-10,13-14H2,1-2H3. The monoisotopic (exact) mass is 366 g/mol. The second-order valence-corrected chi connectivity index (χ2v) is 7.88. The third-order valence-electron chi connectivity index (χ3n) is 3.96. The summed E-state index contributed by atoms with van der Waals surface area (Å²) >= 11 is 3.49. The van der Waals surface area contributed by atoms with Crippen LogP contribution in [-0.4, -0.2) is 13.2 Å². The van der Waals surface area contributed by atoms with Crippen LogP contribution in [0.3, 0.4) is 0 Å². The largest absolute Gasteiger partial charge is 0.489 e. The molecular weight excluding hydrogens is 336 g/mol. The minimum atomic E-state index is 0.779. The van der Waals surface area contributed by atoms with Gasteiger partial charge in [0, 0.05) is 10.3 Å². The zero-order valence-corrected chi connectivity index (χ0v) is 16.6. The normalized spacial score (nSPS) is 10.9. The Kier molecular flexibility index (Phi) is 9.29. The maximum Gasteiger partial charge on any atom is 0.180 e. The average molecular weight is 367 g/mol. The molecule has 0 N–H and O–H groups in total. The summed E-state index contributed by atoms with van der Waals surface area (Å²) in [6.45, 7) is 6.03. The first kappa shape index (κ1) is 19.3. The molecule has 0 atom stereocenters. The van der Waals surface area contributed by atoms with E-state index in [4.69, 9.17) is 9.47 Å². The maximum atomic E-state index is 6.15. The third-order valence-corrected chi connectivity index (χ3v) is 5.95. The summed E-state index contributed by atoms with van der Waals surface area (Å²) in [5, 5.41) is 4.22. The molecule has 0 saturated heterocycles. The fourth-order valence-corrected chi connectivity index (χ4v) is 4.36. The van der Waals surface area contributed by atoms with Crippen LogP contribution >= 0.6 is 22.7 Å². The van der Waals surface area contributed by atoms with Crippen molar-refractivity contribution in [3.05, 3.63) is 22.9 Å². The molecule has 0 aromatic carbocycles. The molecular formula is C20H30O2S2. The SMILES string of the molecule is CCCCCCOc1csc(-c2cccs2)c1OCCCCCC. The van der Waals surface area contributed by atoms with Crippen molar-refractivity contribution >= 4 is 22.7 Å². The molecule has 0 amide bonds. The van der Waals surface area contributed by atoms with E-state index in [1.165, 1.54) is 48.3 Å². The van der Waals surface area contributed by atoms with Crippen LogP contribution in [0.4, 0.5) is 0 Å². The highest BCUT2D eigenvalue weighted by Gasteiger charge is 2.17. The third kappa shape index (κ3) is 6.14. The van der Waals surface area contributed by atoms with Crippen LogP contribution in [0.25, 0.3) is 9.75 Å². The Balaban J connectivity index is 1.95. The lowest BCUT2D eigenvalue weighted by Gasteiger charge is -2.11. The van der Waals surface area contributed by atoms with Gasteiger partial charge in [-0.05, 0) is 24.3 Å². The smallest absolute Gasteiger partial charge is 0.180 e. The predicted molar refractivity (Wildman–Crippen MR) is 107 cm³/mol. The van der Waals surface area contributed by atoms with Crippen LogP contribution in [0.5, 0.6) is 11.5 Å². The van der Waals surface area contributed by atoms with Crippen molar-refractivity contribution in [1.29, 1.82) is 0 Å². The molecule has 4 heteroatoms. The van der Waals surface area contributed by atoms with Gasteiger partial charge in [-0.15, -0.1) is 22.7 Å². The maximum absolute atomic E-state index is 6.15. The van der Waals surface area contributed by atoms with Crippen molar-refractivity contribution in [3.63, 3.8) is 0 Å². The van der Waals surface area contributed by atoms with E-state index in [9.17, 15) is 0 Å². The highest BCUT2D eigenvalue weighted by atomic mass is 32.1. The second kappa shape index (κ2) is 11.5. The van der Waals surface area contributed by atoms with Gasteiger partial charge in [-0.25, -0.2) is 0 Å². The van der Waals surface area contributed by atoms with Crippen molar-refractivity contribution in [3.8, 4) is 21.3 Å². The molecule has 0 radical (unpaired) electrons. The predicted octanol–water partition coefficient (Wildman–Crippen LogP) is 7.39. The Labute approximate surface area is 154 Å². The van der Waals surface area contributed by atoms with E-state index in [2.05, 4.69) is 36.7 Å². The van der Waals surface area contributed by atoms with Crippen LogP contribution < -0.4 is 9.47 Å². The fourth-order valence-electron chi connectivity index (χ4n) is 2.56. The van der Waals surface area contributed by atoms with E-state index in [1.807, 2.05) is 0 Å². The number of hydrogen-bond donors (Lipinski definition) is 0. The fraction of sp³-hybridized carbons (Fsp3) is 0.600. The minimum absolute atomic E-state index is 0.779. The topological polar surface area (TPSA) is 18.5 Å². The zero-order chi connectivity index (χ0) is 17.0. The van der Waals surface area contributed by atoms with Gasteiger partial charge >= 0.3 is 0 Å². The van der Waals surface area contributed by atoms with Gasteiger partial charge in [0.2, 0.25) is 0 Å². The van der Waals surface area contributed by atoms with E-state index in [-0.39, 0.29) is 0 Å². The van der Waals surface area contributed by atoms with Crippen molar-refractivity contribution in [2.75, 3.05) is 13.2 Å². The van der Waals surface area contributed by atoms with Gasteiger partial charge < -0.3 is 9.47 Å². The van der Waals surface area contributed by atoms with E-state index < -0.39 is 0 Å². The Bertz CT molecular complexity index is 546. The van der Waals surface area contributed by atoms with Gasteiger partial charge in [0.15, 0.2) is 11.5 Å². The molecule has 0 fully saturated rings. The van der Waals surface area contributed by atoms with Crippen molar-refractivity contribution in [2.24, 2.45) is 0 Å². The first-order chi connectivity index (χ1) is 11.9. The van der Waals surface area contributed by atoms with Gasteiger partial charge in [0.25, 0.3) is 0 Å². The highest BCUT2D eigenvalue weighted by Crippen LogP contribution is 2.45. The summed E-state index contributed by atoms with van der Waals surface area (Å²) in [7, 11) is 0. The quantitative estimate of drug-likeness (QED) is 0.344. The lowest BCUT2D eigenvalue weighted by molar-refractivity contribution is 0.261. The summed E-state index contributed by atoms with van der Waals surface area (Å²) in [5.41, 5.74) is 0. The summed E-state index contributed by atoms with van der Waals surface area (Å²) in [6, 6.07) is 4.25. The molecule has 24 heavy (non-hydrogen) atoms. The second-order valence-electron chi connectivity index (χ2n) is 6.05.